The van der Waals surface area contributed by atoms with E-state index in [2.05, 4.69) is 12.6 Å². The maximum Gasteiger partial charge on any atom is 2.00 e. The van der Waals surface area contributed by atoms with Gasteiger partial charge in [-0.25, -0.2) is 4.79 Å². The molecule has 0 spiro atoms. The molecule has 1 N–H and O–H groups in total. The van der Waals surface area contributed by atoms with Gasteiger partial charge in [-0.15, -0.1) is 0 Å². The van der Waals surface area contributed by atoms with Crippen molar-refractivity contribution >= 4 is 74.1 Å². The predicted octanol–water partition coefficient (Wildman–Crippen LogP) is 0.756. The fraction of sp³-hybridized carbons (Fsp3) is 0.750. The van der Waals surface area contributed by atoms with Gasteiger partial charge in [0.2, 0.25) is 6.10 Å². The van der Waals surface area contributed by atoms with E-state index in [9.17, 15) is 9.59 Å². The summed E-state index contributed by atoms with van der Waals surface area (Å²) in [6, 6.07) is 0. The molecule has 0 aromatic heterocycles. The van der Waals surface area contributed by atoms with Gasteiger partial charge in [0.15, 0.2) is 0 Å². The number of carboxylic acid groups (broad SMARTS) is 1. The number of ether oxygens (including phenoxy) is 1. The Bertz CT molecular complexity index is 222. The van der Waals surface area contributed by atoms with Crippen molar-refractivity contribution in [2.75, 3.05) is 17.8 Å². The zero-order valence-corrected chi connectivity index (χ0v) is 12.7. The summed E-state index contributed by atoms with van der Waals surface area (Å²) in [5.41, 5.74) is 0. The minimum absolute atomic E-state index is 0. The Morgan fingerprint density at radius 1 is 1.60 bits per heavy atom. The van der Waals surface area contributed by atoms with E-state index < -0.39 is 18.0 Å². The van der Waals surface area contributed by atoms with Crippen LogP contribution in [0.5, 0.6) is 0 Å². The molecule has 0 heterocycles. The van der Waals surface area contributed by atoms with E-state index >= 15 is 0 Å². The van der Waals surface area contributed by atoms with Crippen LogP contribution in [0.25, 0.3) is 0 Å². The van der Waals surface area contributed by atoms with Crippen LogP contribution < -0.4 is 0 Å². The smallest absolute Gasteiger partial charge is 1.00 e. The van der Waals surface area contributed by atoms with Crippen LogP contribution in [0.1, 0.15) is 9.78 Å². The molecular weight excluding hydrogens is 264 g/mol. The maximum absolute atomic E-state index is 11.2. The molecule has 0 aromatic carbocycles. The number of carbonyl (C=O) groups excluding carboxylic acids is 1. The number of thiol groups is 1. The Labute approximate surface area is 132 Å². The van der Waals surface area contributed by atoms with E-state index in [-0.39, 0.29) is 52.3 Å². The van der Waals surface area contributed by atoms with Gasteiger partial charge >= 0.3 is 49.7 Å². The van der Waals surface area contributed by atoms with Crippen LogP contribution in [0.2, 0.25) is 0 Å². The van der Waals surface area contributed by atoms with Gasteiger partial charge in [-0.3, -0.25) is 4.79 Å². The van der Waals surface area contributed by atoms with Gasteiger partial charge in [0.25, 0.3) is 0 Å². The van der Waals surface area contributed by atoms with Crippen LogP contribution in [0, 0.1) is 5.92 Å². The zero-order valence-electron chi connectivity index (χ0n) is 10.8. The second-order valence-electron chi connectivity index (χ2n) is 2.80. The molecule has 0 amide bonds. The number of aliphatic carboxylic acids is 1. The summed E-state index contributed by atoms with van der Waals surface area (Å²) in [6.45, 7) is 1.65. The summed E-state index contributed by atoms with van der Waals surface area (Å²) in [7, 11) is 0. The first-order valence-corrected chi connectivity index (χ1v) is 6.08. The number of carbonyl (C=O) groups is 2. The van der Waals surface area contributed by atoms with Crippen molar-refractivity contribution in [3.8, 4) is 0 Å². The number of hydrogen-bond acceptors (Lipinski definition) is 5. The molecule has 0 unspecified atom stereocenters. The molecule has 7 heteroatoms. The second-order valence-corrected chi connectivity index (χ2v) is 4.08. The Balaban J connectivity index is -0.000000282. The number of thioether (sulfide) groups is 1. The van der Waals surface area contributed by atoms with Crippen LogP contribution >= 0.6 is 24.4 Å². The van der Waals surface area contributed by atoms with E-state index in [0.29, 0.717) is 5.75 Å². The molecule has 0 radical (unpaired) electrons. The van der Waals surface area contributed by atoms with E-state index in [0.717, 1.165) is 0 Å². The van der Waals surface area contributed by atoms with E-state index in [1.807, 2.05) is 0 Å². The van der Waals surface area contributed by atoms with Crippen molar-refractivity contribution in [1.29, 1.82) is 0 Å². The Kier molecular flexibility index (Phi) is 12.3. The molecule has 0 saturated carbocycles. The van der Waals surface area contributed by atoms with Gasteiger partial charge in [-0.1, -0.05) is 6.92 Å². The Morgan fingerprint density at radius 3 is 2.47 bits per heavy atom. The minimum Gasteiger partial charge on any atom is -1.00 e. The van der Waals surface area contributed by atoms with Crippen LogP contribution in [0.3, 0.4) is 0 Å². The molecule has 86 valence electrons. The summed E-state index contributed by atoms with van der Waals surface area (Å²) in [5.74, 6) is -1.38. The van der Waals surface area contributed by atoms with E-state index in [1.54, 1.807) is 13.2 Å². The average Bonchev–Trinajstić information content (AvgIpc) is 2.15. The third kappa shape index (κ3) is 7.74. The first kappa shape index (κ1) is 18.3. The quantitative estimate of drug-likeness (QED) is 0.427. The normalized spacial score (nSPS) is 13.5. The molecule has 4 nitrogen and oxygen atoms in total. The van der Waals surface area contributed by atoms with Crippen molar-refractivity contribution in [3.63, 3.8) is 0 Å². The van der Waals surface area contributed by atoms with Crippen molar-refractivity contribution in [1.82, 2.24) is 0 Å². The summed E-state index contributed by atoms with van der Waals surface area (Å²) in [6.07, 6.45) is 0.700. The van der Waals surface area contributed by atoms with Gasteiger partial charge < -0.3 is 12.7 Å². The molecule has 0 fully saturated rings. The van der Waals surface area contributed by atoms with Crippen molar-refractivity contribution in [3.05, 3.63) is 0 Å². The molecule has 0 saturated heterocycles. The number of esters is 1. The Hall–Kier alpha value is 0.900. The third-order valence-corrected chi connectivity index (χ3v) is 2.71. The van der Waals surface area contributed by atoms with Crippen LogP contribution in [0.4, 0.5) is 0 Å². The average molecular weight is 280 g/mol. The summed E-state index contributed by atoms with van der Waals surface area (Å²) >= 11 is 5.25. The summed E-state index contributed by atoms with van der Waals surface area (Å²) in [5, 5.41) is 8.70. The number of hydrogen-bond donors (Lipinski definition) is 2. The predicted molar refractivity (Wildman–Crippen MR) is 66.9 cm³/mol. The first-order valence-electron chi connectivity index (χ1n) is 4.06. The van der Waals surface area contributed by atoms with Gasteiger partial charge in [0.1, 0.15) is 0 Å². The SMILES string of the molecule is CSC[C@H](OC(=O)[C@H](C)CS)C(=O)O.[Ca+2].[H-].[H-]. The largest absolute Gasteiger partial charge is 2.00 e. The van der Waals surface area contributed by atoms with Gasteiger partial charge in [-0.2, -0.15) is 24.4 Å². The third-order valence-electron chi connectivity index (χ3n) is 1.53. The van der Waals surface area contributed by atoms with Gasteiger partial charge in [0, 0.05) is 11.5 Å². The molecule has 0 aliphatic rings. The molecular formula is C8H16CaO4S2. The molecule has 0 aliphatic carbocycles. The molecule has 0 aromatic rings. The summed E-state index contributed by atoms with van der Waals surface area (Å²) in [4.78, 5) is 21.8. The van der Waals surface area contributed by atoms with Crippen molar-refractivity contribution < 1.29 is 22.3 Å². The van der Waals surface area contributed by atoms with Gasteiger partial charge in [0.05, 0.1) is 5.92 Å². The molecule has 0 rings (SSSR count). The van der Waals surface area contributed by atoms with Gasteiger partial charge in [-0.05, 0) is 6.26 Å². The molecule has 0 bridgehead atoms. The zero-order chi connectivity index (χ0) is 11.1. The number of rotatable bonds is 6. The monoisotopic (exact) mass is 280 g/mol. The standard InChI is InChI=1S/C8H14O4S2.Ca.2H/c1-5(3-13)8(11)12-6(4-14-2)7(9)10;;;/h5-6,13H,3-4H2,1-2H3,(H,9,10);;;/q;+2;2*-1/t5-,6+;;;/m1.../s1. The second kappa shape index (κ2) is 10.1. The van der Waals surface area contributed by atoms with Crippen LogP contribution in [-0.2, 0) is 14.3 Å². The van der Waals surface area contributed by atoms with Crippen molar-refractivity contribution in [2.24, 2.45) is 5.92 Å². The van der Waals surface area contributed by atoms with Crippen LogP contribution in [-0.4, -0.2) is 78.6 Å². The first-order chi connectivity index (χ1) is 6.52. The van der Waals surface area contributed by atoms with Crippen molar-refractivity contribution in [2.45, 2.75) is 13.0 Å². The topological polar surface area (TPSA) is 63.6 Å². The van der Waals surface area contributed by atoms with E-state index in [1.165, 1.54) is 11.8 Å². The number of carboxylic acids is 1. The van der Waals surface area contributed by atoms with E-state index in [4.69, 9.17) is 9.84 Å². The van der Waals surface area contributed by atoms with Crippen LogP contribution in [0.15, 0.2) is 0 Å². The minimum atomic E-state index is -1.11. The Morgan fingerprint density at radius 2 is 2.13 bits per heavy atom. The molecule has 0 aliphatic heterocycles. The maximum atomic E-state index is 11.2. The fourth-order valence-electron chi connectivity index (χ4n) is 0.638. The molecule has 15 heavy (non-hydrogen) atoms. The summed E-state index contributed by atoms with van der Waals surface area (Å²) < 4.78 is 4.80. The fourth-order valence-corrected chi connectivity index (χ4v) is 1.30. The molecule has 2 atom stereocenters.